The number of rotatable bonds is 5. The standard InChI is InChI=1S/C23H32ClN3O2/c1-29-21-3-2-19(24)11-20(21)25-22(28)15-26-4-6-27(7-5-26)23-12-16-8-17(13-23)10-18(9-16)14-23/h2-3,11,16-18H,4-10,12-15H2,1H3,(H,25,28). The molecule has 5 fully saturated rings. The summed E-state index contributed by atoms with van der Waals surface area (Å²) in [6, 6.07) is 5.28. The number of carbonyl (C=O) groups excluding carboxylic acids is 1. The number of nitrogens with zero attached hydrogens (tertiary/aromatic N) is 2. The first kappa shape index (κ1) is 19.7. The maximum atomic E-state index is 12.6. The molecule has 0 spiro atoms. The molecule has 0 aromatic heterocycles. The first-order valence-electron chi connectivity index (χ1n) is 11.1. The van der Waals surface area contributed by atoms with Crippen LogP contribution in [0, 0.1) is 17.8 Å². The van der Waals surface area contributed by atoms with E-state index in [2.05, 4.69) is 15.1 Å². The molecule has 1 aliphatic heterocycles. The van der Waals surface area contributed by atoms with Gasteiger partial charge in [0.1, 0.15) is 5.75 Å². The lowest BCUT2D eigenvalue weighted by molar-refractivity contribution is -0.120. The van der Waals surface area contributed by atoms with E-state index < -0.39 is 0 Å². The lowest BCUT2D eigenvalue weighted by Crippen LogP contribution is -2.64. The summed E-state index contributed by atoms with van der Waals surface area (Å²) in [6.45, 7) is 4.56. The van der Waals surface area contributed by atoms with Crippen molar-refractivity contribution in [2.75, 3.05) is 45.2 Å². The molecule has 29 heavy (non-hydrogen) atoms. The summed E-state index contributed by atoms with van der Waals surface area (Å²) in [5.74, 6) is 3.58. The fourth-order valence-corrected chi connectivity index (χ4v) is 7.18. The molecular formula is C23H32ClN3O2. The van der Waals surface area contributed by atoms with Gasteiger partial charge in [-0.3, -0.25) is 14.6 Å². The average Bonchev–Trinajstić information content (AvgIpc) is 2.67. The van der Waals surface area contributed by atoms with Crippen LogP contribution in [0.25, 0.3) is 0 Å². The van der Waals surface area contributed by atoms with E-state index in [9.17, 15) is 4.79 Å². The minimum atomic E-state index is -0.00572. The Balaban J connectivity index is 1.16. The smallest absolute Gasteiger partial charge is 0.238 e. The second kappa shape index (κ2) is 7.75. The van der Waals surface area contributed by atoms with E-state index in [1.165, 1.54) is 38.5 Å². The fraction of sp³-hybridized carbons (Fsp3) is 0.696. The lowest BCUT2D eigenvalue weighted by Gasteiger charge is -2.61. The third-order valence-electron chi connectivity index (χ3n) is 7.85. The molecule has 4 aliphatic carbocycles. The summed E-state index contributed by atoms with van der Waals surface area (Å²) in [6.07, 6.45) is 8.75. The van der Waals surface area contributed by atoms with E-state index in [0.717, 1.165) is 43.9 Å². The molecule has 1 heterocycles. The topological polar surface area (TPSA) is 44.8 Å². The molecule has 0 atom stereocenters. The average molecular weight is 418 g/mol. The number of amides is 1. The molecule has 4 saturated carbocycles. The third kappa shape index (κ3) is 3.89. The van der Waals surface area contributed by atoms with Crippen LogP contribution in [0.15, 0.2) is 18.2 Å². The van der Waals surface area contributed by atoms with E-state index in [4.69, 9.17) is 16.3 Å². The van der Waals surface area contributed by atoms with Gasteiger partial charge in [-0.25, -0.2) is 0 Å². The molecule has 0 unspecified atom stereocenters. The van der Waals surface area contributed by atoms with Crippen LogP contribution in [0.1, 0.15) is 38.5 Å². The molecular weight excluding hydrogens is 386 g/mol. The number of methoxy groups -OCH3 is 1. The van der Waals surface area contributed by atoms with Crippen LogP contribution in [0.3, 0.4) is 0 Å². The van der Waals surface area contributed by atoms with E-state index in [1.807, 2.05) is 0 Å². The van der Waals surface area contributed by atoms with Gasteiger partial charge in [0.15, 0.2) is 0 Å². The molecule has 1 aromatic rings. The Morgan fingerprint density at radius 3 is 2.31 bits per heavy atom. The van der Waals surface area contributed by atoms with E-state index in [-0.39, 0.29) is 5.91 Å². The zero-order valence-corrected chi connectivity index (χ0v) is 18.1. The molecule has 1 aromatic carbocycles. The highest BCUT2D eigenvalue weighted by Gasteiger charge is 2.53. The highest BCUT2D eigenvalue weighted by atomic mass is 35.5. The number of piperazine rings is 1. The number of hydrogen-bond donors (Lipinski definition) is 1. The molecule has 0 radical (unpaired) electrons. The number of nitrogens with one attached hydrogen (secondary N) is 1. The monoisotopic (exact) mass is 417 g/mol. The van der Waals surface area contributed by atoms with Gasteiger partial charge in [-0.05, 0) is 74.5 Å². The Morgan fingerprint density at radius 2 is 1.72 bits per heavy atom. The Morgan fingerprint density at radius 1 is 1.10 bits per heavy atom. The van der Waals surface area contributed by atoms with Gasteiger partial charge in [0.25, 0.3) is 0 Å². The zero-order valence-electron chi connectivity index (χ0n) is 17.3. The van der Waals surface area contributed by atoms with Crippen LogP contribution in [-0.4, -0.2) is 61.1 Å². The molecule has 1 N–H and O–H groups in total. The van der Waals surface area contributed by atoms with Crippen molar-refractivity contribution in [3.05, 3.63) is 23.2 Å². The molecule has 4 bridgehead atoms. The second-order valence-electron chi connectivity index (χ2n) is 9.80. The van der Waals surface area contributed by atoms with Crippen LogP contribution in [0.5, 0.6) is 5.75 Å². The highest BCUT2D eigenvalue weighted by Crippen LogP contribution is 2.57. The van der Waals surface area contributed by atoms with Gasteiger partial charge >= 0.3 is 0 Å². The summed E-state index contributed by atoms with van der Waals surface area (Å²) in [4.78, 5) is 17.7. The number of carbonyl (C=O) groups is 1. The van der Waals surface area contributed by atoms with Crippen LogP contribution in [0.4, 0.5) is 5.69 Å². The summed E-state index contributed by atoms with van der Waals surface area (Å²) in [5.41, 5.74) is 1.12. The maximum Gasteiger partial charge on any atom is 0.238 e. The van der Waals surface area contributed by atoms with Gasteiger partial charge in [0, 0.05) is 36.7 Å². The largest absolute Gasteiger partial charge is 0.495 e. The summed E-state index contributed by atoms with van der Waals surface area (Å²) < 4.78 is 5.33. The van der Waals surface area contributed by atoms with Crippen LogP contribution >= 0.6 is 11.6 Å². The number of benzene rings is 1. The van der Waals surface area contributed by atoms with E-state index in [0.29, 0.717) is 28.5 Å². The Labute approximate surface area is 178 Å². The van der Waals surface area contributed by atoms with Gasteiger partial charge in [-0.2, -0.15) is 0 Å². The minimum Gasteiger partial charge on any atom is -0.495 e. The quantitative estimate of drug-likeness (QED) is 0.789. The summed E-state index contributed by atoms with van der Waals surface area (Å²) in [5, 5.41) is 3.55. The van der Waals surface area contributed by atoms with Crippen molar-refractivity contribution >= 4 is 23.2 Å². The van der Waals surface area contributed by atoms with Crippen LogP contribution in [-0.2, 0) is 4.79 Å². The van der Waals surface area contributed by atoms with Gasteiger partial charge in [-0.15, -0.1) is 0 Å². The van der Waals surface area contributed by atoms with Crippen molar-refractivity contribution < 1.29 is 9.53 Å². The zero-order chi connectivity index (χ0) is 20.0. The number of halogens is 1. The normalized spacial score (nSPS) is 34.3. The highest BCUT2D eigenvalue weighted by molar-refractivity contribution is 6.31. The van der Waals surface area contributed by atoms with Crippen molar-refractivity contribution in [1.82, 2.24) is 9.80 Å². The molecule has 1 amide bonds. The van der Waals surface area contributed by atoms with E-state index in [1.54, 1.807) is 25.3 Å². The molecule has 5 nitrogen and oxygen atoms in total. The number of ether oxygens (including phenoxy) is 1. The first-order chi connectivity index (χ1) is 14.0. The fourth-order valence-electron chi connectivity index (χ4n) is 7.00. The van der Waals surface area contributed by atoms with Crippen molar-refractivity contribution in [1.29, 1.82) is 0 Å². The van der Waals surface area contributed by atoms with E-state index >= 15 is 0 Å². The Kier molecular flexibility index (Phi) is 5.25. The molecule has 6 rings (SSSR count). The van der Waals surface area contributed by atoms with Crippen molar-refractivity contribution in [2.45, 2.75) is 44.1 Å². The van der Waals surface area contributed by atoms with Gasteiger partial charge in [0.05, 0.1) is 19.3 Å². The molecule has 1 saturated heterocycles. The molecule has 6 heteroatoms. The van der Waals surface area contributed by atoms with Crippen molar-refractivity contribution in [3.63, 3.8) is 0 Å². The Bertz CT molecular complexity index is 740. The number of anilines is 1. The van der Waals surface area contributed by atoms with Gasteiger partial charge < -0.3 is 10.1 Å². The molecule has 158 valence electrons. The maximum absolute atomic E-state index is 12.6. The van der Waals surface area contributed by atoms with Crippen molar-refractivity contribution in [3.8, 4) is 5.75 Å². The predicted octanol–water partition coefficient (Wildman–Crippen LogP) is 3.87. The SMILES string of the molecule is COc1ccc(Cl)cc1NC(=O)CN1CCN(C23CC4CC(CC(C4)C2)C3)CC1. The van der Waals surface area contributed by atoms with Crippen LogP contribution < -0.4 is 10.1 Å². The first-order valence-corrected chi connectivity index (χ1v) is 11.5. The Hall–Kier alpha value is -1.30. The van der Waals surface area contributed by atoms with Crippen LogP contribution in [0.2, 0.25) is 5.02 Å². The predicted molar refractivity (Wildman–Crippen MR) is 116 cm³/mol. The van der Waals surface area contributed by atoms with Gasteiger partial charge in [0.2, 0.25) is 5.91 Å². The number of hydrogen-bond acceptors (Lipinski definition) is 4. The molecule has 5 aliphatic rings. The minimum absolute atomic E-state index is 0.00572. The second-order valence-corrected chi connectivity index (χ2v) is 10.2. The lowest BCUT2D eigenvalue weighted by atomic mass is 9.52. The van der Waals surface area contributed by atoms with Crippen molar-refractivity contribution in [2.24, 2.45) is 17.8 Å². The third-order valence-corrected chi connectivity index (χ3v) is 8.09. The summed E-state index contributed by atoms with van der Waals surface area (Å²) in [7, 11) is 1.60. The summed E-state index contributed by atoms with van der Waals surface area (Å²) >= 11 is 6.07. The van der Waals surface area contributed by atoms with Gasteiger partial charge in [-0.1, -0.05) is 11.6 Å².